The highest BCUT2D eigenvalue weighted by Gasteiger charge is 2.30. The molecule has 0 saturated carbocycles. The smallest absolute Gasteiger partial charge is 0.302 e. The molecule has 1 amide bonds. The highest BCUT2D eigenvalue weighted by atomic mass is 31.0. The van der Waals surface area contributed by atoms with E-state index in [1.807, 2.05) is 0 Å². The van der Waals surface area contributed by atoms with Gasteiger partial charge < -0.3 is 15.7 Å². The van der Waals surface area contributed by atoms with E-state index in [1.165, 1.54) is 28.4 Å². The fourth-order valence-electron chi connectivity index (χ4n) is 2.84. The molecule has 1 aromatic carbocycles. The molecule has 0 spiro atoms. The Labute approximate surface area is 202 Å². The van der Waals surface area contributed by atoms with Gasteiger partial charge in [0, 0.05) is 37.8 Å². The van der Waals surface area contributed by atoms with Crippen LogP contribution in [-0.4, -0.2) is 64.5 Å². The normalized spacial score (nSPS) is 13.0. The summed E-state index contributed by atoms with van der Waals surface area (Å²) < 4.78 is 41.1. The van der Waals surface area contributed by atoms with E-state index in [4.69, 9.17) is 5.11 Å². The van der Waals surface area contributed by atoms with E-state index in [0.717, 1.165) is 10.7 Å². The van der Waals surface area contributed by atoms with Gasteiger partial charge in [-0.25, -0.2) is 14.2 Å². The van der Waals surface area contributed by atoms with Gasteiger partial charge in [0.25, 0.3) is 5.91 Å². The molecule has 1 unspecified atom stereocenters. The molecule has 1 atom stereocenters. The number of carbonyl (C=O) groups excluding carboxylic acids is 2. The molecular formula is C22H26F3N6O3P. The van der Waals surface area contributed by atoms with Gasteiger partial charge in [0.15, 0.2) is 5.84 Å². The van der Waals surface area contributed by atoms with E-state index in [2.05, 4.69) is 25.7 Å². The van der Waals surface area contributed by atoms with Gasteiger partial charge in [0.1, 0.15) is 23.1 Å². The van der Waals surface area contributed by atoms with Crippen molar-refractivity contribution in [3.8, 4) is 0 Å². The molecule has 0 bridgehead atoms. The number of aliphatic hydroxyl groups is 1. The Bertz CT molecular complexity index is 1150. The third-order valence-electron chi connectivity index (χ3n) is 4.57. The molecule has 13 heteroatoms. The van der Waals surface area contributed by atoms with Crippen molar-refractivity contribution in [2.45, 2.75) is 19.0 Å². The number of alkyl halides is 2. The summed E-state index contributed by atoms with van der Waals surface area (Å²) in [6.07, 6.45) is 0.541. The average molecular weight is 510 g/mol. The second-order valence-corrected chi connectivity index (χ2v) is 8.09. The summed E-state index contributed by atoms with van der Waals surface area (Å²) in [7, 11) is 2.81. The number of amides is 1. The molecular weight excluding hydrogens is 484 g/mol. The van der Waals surface area contributed by atoms with Crippen molar-refractivity contribution in [1.82, 2.24) is 20.4 Å². The lowest BCUT2D eigenvalue weighted by Gasteiger charge is -2.13. The van der Waals surface area contributed by atoms with Gasteiger partial charge in [0.2, 0.25) is 0 Å². The van der Waals surface area contributed by atoms with Crippen LogP contribution in [0.1, 0.15) is 35.1 Å². The van der Waals surface area contributed by atoms with Crippen LogP contribution in [0.4, 0.5) is 13.2 Å². The molecule has 0 aliphatic carbocycles. The zero-order valence-corrected chi connectivity index (χ0v) is 20.3. The zero-order valence-electron chi connectivity index (χ0n) is 19.2. The summed E-state index contributed by atoms with van der Waals surface area (Å²) in [6.45, 7) is 2.66. The van der Waals surface area contributed by atoms with Gasteiger partial charge in [-0.1, -0.05) is 21.4 Å². The fourth-order valence-corrected chi connectivity index (χ4v) is 2.98. The maximum Gasteiger partial charge on any atom is 0.302 e. The first kappa shape index (κ1) is 27.9. The van der Waals surface area contributed by atoms with Crippen molar-refractivity contribution < 1.29 is 27.9 Å². The van der Waals surface area contributed by atoms with Crippen molar-refractivity contribution in [3.63, 3.8) is 0 Å². The Balaban J connectivity index is 0.000000466. The number of carbonyl (C=O) groups is 1. The molecule has 0 saturated heterocycles. The van der Waals surface area contributed by atoms with Crippen molar-refractivity contribution in [2.24, 2.45) is 17.0 Å². The van der Waals surface area contributed by atoms with Gasteiger partial charge in [-0.05, 0) is 25.1 Å². The van der Waals surface area contributed by atoms with Crippen molar-refractivity contribution in [3.05, 3.63) is 58.8 Å². The first-order valence-electron chi connectivity index (χ1n) is 10.5. The monoisotopic (exact) mass is 510 g/mol. The number of amidine groups is 1. The van der Waals surface area contributed by atoms with Crippen LogP contribution in [0.15, 0.2) is 46.0 Å². The molecule has 1 aliphatic rings. The highest BCUT2D eigenvalue weighted by Crippen LogP contribution is 2.33. The van der Waals surface area contributed by atoms with Crippen LogP contribution in [-0.2, 0) is 17.5 Å². The maximum absolute atomic E-state index is 13.4. The van der Waals surface area contributed by atoms with Gasteiger partial charge >= 0.3 is 5.66 Å². The van der Waals surface area contributed by atoms with Crippen LogP contribution in [0.5, 0.6) is 0 Å². The number of aryl methyl sites for hydroxylation is 1. The summed E-state index contributed by atoms with van der Waals surface area (Å²) >= 11 is 0. The first-order valence-corrected chi connectivity index (χ1v) is 11.1. The van der Waals surface area contributed by atoms with Crippen molar-refractivity contribution in [2.75, 3.05) is 26.2 Å². The number of aliphatic hydroxyl groups excluding tert-OH is 1. The topological polar surface area (TPSA) is 121 Å². The first-order chi connectivity index (χ1) is 16.5. The Morgan fingerprint density at radius 1 is 1.31 bits per heavy atom. The molecule has 35 heavy (non-hydrogen) atoms. The molecule has 1 aromatic heterocycles. The molecule has 188 valence electrons. The van der Waals surface area contributed by atoms with E-state index in [-0.39, 0.29) is 24.7 Å². The standard InChI is InChI=1S/C17H17F3N5OP.C5H9NO2/c1-25-13(8-14(24-25)17(19,20)27)16(26)22-9-12-5-6-21-15(23-12)10-3-2-4-11(18)7-10;1-5(4-8)6-2-3-7/h2-4,7-8H,5-6,9,27H2,1H3,(H,22,26);6-7H,2-3H2,1H3. The molecule has 3 N–H and O–H groups in total. The molecule has 2 aromatic rings. The number of hydrogen-bond donors (Lipinski definition) is 3. The quantitative estimate of drug-likeness (QED) is 0.370. The van der Waals surface area contributed by atoms with E-state index in [0.29, 0.717) is 42.3 Å². The summed E-state index contributed by atoms with van der Waals surface area (Å²) in [5, 5.41) is 17.1. The summed E-state index contributed by atoms with van der Waals surface area (Å²) in [4.78, 5) is 30.6. The van der Waals surface area contributed by atoms with Gasteiger partial charge in [-0.3, -0.25) is 14.5 Å². The maximum atomic E-state index is 13.4. The van der Waals surface area contributed by atoms with Gasteiger partial charge in [0.05, 0.1) is 18.8 Å². The van der Waals surface area contributed by atoms with Gasteiger partial charge in [-0.2, -0.15) is 13.9 Å². The molecule has 2 heterocycles. The van der Waals surface area contributed by atoms with Crippen LogP contribution >= 0.6 is 9.24 Å². The number of nitrogens with one attached hydrogen (secondary N) is 2. The third kappa shape index (κ3) is 8.75. The lowest BCUT2D eigenvalue weighted by Crippen LogP contribution is -2.32. The number of rotatable bonds is 8. The number of benzene rings is 1. The summed E-state index contributed by atoms with van der Waals surface area (Å²) in [6, 6.07) is 6.99. The number of nitrogens with zero attached hydrogens (tertiary/aromatic N) is 4. The average Bonchev–Trinajstić information content (AvgIpc) is 3.24. The van der Waals surface area contributed by atoms with Crippen LogP contribution in [0, 0.1) is 5.82 Å². The Kier molecular flexibility index (Phi) is 10.3. The van der Waals surface area contributed by atoms with E-state index >= 15 is 0 Å². The third-order valence-corrected chi connectivity index (χ3v) is 4.87. The highest BCUT2D eigenvalue weighted by molar-refractivity contribution is 7.17. The van der Waals surface area contributed by atoms with Gasteiger partial charge in [-0.15, -0.1) is 0 Å². The SMILES string of the molecule is CC(=C=O)NCCO.Cn1nc(C(F)(F)P)cc1C(=O)NCC1=NC(c2cccc(F)c2)=NCC1. The van der Waals surface area contributed by atoms with E-state index in [9.17, 15) is 22.8 Å². The number of aromatic nitrogens is 2. The van der Waals surface area contributed by atoms with Crippen LogP contribution in [0.25, 0.3) is 0 Å². The molecule has 3 rings (SSSR count). The molecule has 1 aliphatic heterocycles. The predicted molar refractivity (Wildman–Crippen MR) is 129 cm³/mol. The lowest BCUT2D eigenvalue weighted by atomic mass is 10.1. The second kappa shape index (κ2) is 12.9. The minimum absolute atomic E-state index is 0.0163. The number of allylic oxidation sites excluding steroid dienone is 1. The largest absolute Gasteiger partial charge is 0.395 e. The Morgan fingerprint density at radius 3 is 2.66 bits per heavy atom. The van der Waals surface area contributed by atoms with Crippen LogP contribution in [0.3, 0.4) is 0 Å². The second-order valence-electron chi connectivity index (χ2n) is 7.37. The zero-order chi connectivity index (χ0) is 26.0. The fraction of sp³-hybridized carbons (Fsp3) is 0.364. The minimum Gasteiger partial charge on any atom is -0.395 e. The predicted octanol–water partition coefficient (Wildman–Crippen LogP) is 1.81. The Morgan fingerprint density at radius 2 is 2.06 bits per heavy atom. The lowest BCUT2D eigenvalue weighted by molar-refractivity contribution is 0.0949. The van der Waals surface area contributed by atoms with Crippen molar-refractivity contribution >= 4 is 32.6 Å². The molecule has 0 radical (unpaired) electrons. The number of hydrogen-bond acceptors (Lipinski definition) is 7. The molecule has 9 nitrogen and oxygen atoms in total. The van der Waals surface area contributed by atoms with Crippen molar-refractivity contribution in [1.29, 1.82) is 0 Å². The Hall–Kier alpha value is -3.33. The van der Waals surface area contributed by atoms with E-state index in [1.54, 1.807) is 25.0 Å². The minimum atomic E-state index is -3.21. The molecule has 0 fully saturated rings. The summed E-state index contributed by atoms with van der Waals surface area (Å²) in [5.74, 6) is 1.12. The number of aliphatic imine (C=N–C) groups is 2. The number of halogens is 3. The van der Waals surface area contributed by atoms with Crippen LogP contribution < -0.4 is 10.6 Å². The van der Waals surface area contributed by atoms with Crippen LogP contribution in [0.2, 0.25) is 0 Å². The summed E-state index contributed by atoms with van der Waals surface area (Å²) in [5.41, 5.74) is -2.05. The van der Waals surface area contributed by atoms with E-state index < -0.39 is 17.3 Å².